The fourth-order valence-electron chi connectivity index (χ4n) is 10.5. The van der Waals surface area contributed by atoms with Crippen LogP contribution in [0.2, 0.25) is 0 Å². The van der Waals surface area contributed by atoms with E-state index in [9.17, 15) is 19.2 Å². The van der Waals surface area contributed by atoms with E-state index in [1.165, 1.54) is 14.2 Å². The average molecular weight is 861 g/mol. The minimum atomic E-state index is -0.746. The molecule has 8 atom stereocenters. The van der Waals surface area contributed by atoms with Crippen LogP contribution < -0.4 is 15.4 Å². The number of aromatic amines is 2. The number of benzene rings is 3. The van der Waals surface area contributed by atoms with E-state index in [0.29, 0.717) is 38.4 Å². The smallest absolute Gasteiger partial charge is 0.407 e. The van der Waals surface area contributed by atoms with E-state index in [-0.39, 0.29) is 47.7 Å². The molecule has 2 aromatic heterocycles. The number of imidazole rings is 2. The maximum absolute atomic E-state index is 14.2. The number of alkyl carbamates (subject to hydrolysis) is 2. The van der Waals surface area contributed by atoms with Gasteiger partial charge in [0.15, 0.2) is 0 Å². The van der Waals surface area contributed by atoms with Crippen LogP contribution in [0.3, 0.4) is 0 Å². The molecular formula is C47H56N8O8. The van der Waals surface area contributed by atoms with Gasteiger partial charge in [0.1, 0.15) is 36.1 Å². The van der Waals surface area contributed by atoms with Gasteiger partial charge >= 0.3 is 12.2 Å². The number of aromatic nitrogens is 4. The van der Waals surface area contributed by atoms with Crippen LogP contribution in [0.4, 0.5) is 9.59 Å². The van der Waals surface area contributed by atoms with Crippen LogP contribution >= 0.6 is 0 Å². The molecule has 9 rings (SSSR count). The van der Waals surface area contributed by atoms with Crippen molar-refractivity contribution in [1.29, 1.82) is 0 Å². The Labute approximate surface area is 365 Å². The quantitative estimate of drug-likeness (QED) is 0.106. The number of carbonyl (C=O) groups excluding carboxylic acids is 4. The second-order valence-corrected chi connectivity index (χ2v) is 17.6. The Morgan fingerprint density at radius 2 is 1.78 bits per heavy atom. The van der Waals surface area contributed by atoms with E-state index in [1.54, 1.807) is 7.11 Å². The second-order valence-electron chi connectivity index (χ2n) is 17.6. The lowest BCUT2D eigenvalue weighted by atomic mass is 9.84. The Kier molecular flexibility index (Phi) is 11.5. The van der Waals surface area contributed by atoms with Crippen LogP contribution in [0.15, 0.2) is 48.7 Å². The molecule has 0 unspecified atom stereocenters. The highest BCUT2D eigenvalue weighted by Crippen LogP contribution is 2.45. The van der Waals surface area contributed by atoms with Crippen LogP contribution in [0.5, 0.6) is 5.75 Å². The summed E-state index contributed by atoms with van der Waals surface area (Å²) in [6.45, 7) is 7.36. The third kappa shape index (κ3) is 7.61. The van der Waals surface area contributed by atoms with Gasteiger partial charge in [-0.2, -0.15) is 0 Å². The molecule has 0 bridgehead atoms. The van der Waals surface area contributed by atoms with Crippen molar-refractivity contribution in [1.82, 2.24) is 40.4 Å². The lowest BCUT2D eigenvalue weighted by molar-refractivity contribution is -0.142. The van der Waals surface area contributed by atoms with Crippen molar-refractivity contribution in [3.63, 3.8) is 0 Å². The van der Waals surface area contributed by atoms with Crippen LogP contribution in [-0.2, 0) is 30.4 Å². The van der Waals surface area contributed by atoms with E-state index >= 15 is 0 Å². The molecular weight excluding hydrogens is 805 g/mol. The highest BCUT2D eigenvalue weighted by atomic mass is 16.5. The molecule has 0 spiro atoms. The number of nitrogens with one attached hydrogen (secondary N) is 4. The van der Waals surface area contributed by atoms with Gasteiger partial charge in [-0.3, -0.25) is 9.59 Å². The van der Waals surface area contributed by atoms with E-state index in [4.69, 9.17) is 28.9 Å². The molecule has 4 aliphatic heterocycles. The van der Waals surface area contributed by atoms with Crippen molar-refractivity contribution >= 4 is 45.8 Å². The first-order chi connectivity index (χ1) is 30.5. The van der Waals surface area contributed by atoms with Crippen LogP contribution in [0, 0.1) is 17.8 Å². The Hall–Kier alpha value is -6.16. The van der Waals surface area contributed by atoms with Gasteiger partial charge in [-0.05, 0) is 83.9 Å². The zero-order valence-electron chi connectivity index (χ0n) is 36.7. The first-order valence-electron chi connectivity index (χ1n) is 22.1. The summed E-state index contributed by atoms with van der Waals surface area (Å²) >= 11 is 0. The molecule has 0 radical (unpaired) electrons. The van der Waals surface area contributed by atoms with Gasteiger partial charge in [0.05, 0.1) is 55.8 Å². The van der Waals surface area contributed by atoms with Crippen LogP contribution in [-0.4, -0.2) is 106 Å². The summed E-state index contributed by atoms with van der Waals surface area (Å²) in [4.78, 5) is 73.3. The van der Waals surface area contributed by atoms with E-state index in [0.717, 1.165) is 87.0 Å². The van der Waals surface area contributed by atoms with Gasteiger partial charge in [-0.25, -0.2) is 19.6 Å². The van der Waals surface area contributed by atoms with Crippen molar-refractivity contribution in [2.75, 3.05) is 34.5 Å². The molecule has 3 aromatic carbocycles. The van der Waals surface area contributed by atoms with Crippen molar-refractivity contribution in [2.45, 2.75) is 96.1 Å². The molecule has 4 amide bonds. The molecule has 5 aromatic rings. The van der Waals surface area contributed by atoms with E-state index in [2.05, 4.69) is 63.9 Å². The monoisotopic (exact) mass is 860 g/mol. The zero-order chi connectivity index (χ0) is 44.1. The van der Waals surface area contributed by atoms with Gasteiger partial charge in [-0.1, -0.05) is 51.8 Å². The lowest BCUT2D eigenvalue weighted by Crippen LogP contribution is -2.58. The average Bonchev–Trinajstić information content (AvgIpc) is 4.13. The summed E-state index contributed by atoms with van der Waals surface area (Å²) in [6.07, 6.45) is 5.25. The molecule has 3 saturated heterocycles. The molecule has 3 fully saturated rings. The standard InChI is InChI=1S/C47H56N8O8/c1-7-24(3)39(52-46(58)61-5)44(56)54-21-25(22-60-4)15-37(54)43-49-34-13-10-27-18-33-31-12-9-28(16-29(31)23-63-38(33)19-32(27)41(34)51-43)35-20-48-42(50-35)36-14-11-30-17-26(8-2)40(45(57)55(30)36)53-47(59)62-6/h9-10,12-13,16,18-20,24-26,30,36-37,39-40H,7-8,11,14-15,17,21-23H2,1-6H3,(H,48,50)(H,49,51)(H,52,58)(H,53,59)/t24-,25+,26+,30-,36+,37+,39+,40+/m1/s1. The van der Waals surface area contributed by atoms with E-state index in [1.807, 2.05) is 35.9 Å². The minimum absolute atomic E-state index is 0.0537. The molecule has 4 aliphatic rings. The maximum atomic E-state index is 14.2. The number of nitrogens with zero attached hydrogens (tertiary/aromatic N) is 4. The summed E-state index contributed by atoms with van der Waals surface area (Å²) in [5.41, 5.74) is 6.58. The summed E-state index contributed by atoms with van der Waals surface area (Å²) in [6, 6.07) is 12.8. The second kappa shape index (κ2) is 17.2. The number of hydrogen-bond acceptors (Lipinski definition) is 10. The fraction of sp³-hybridized carbons (Fsp3) is 0.489. The third-order valence-electron chi connectivity index (χ3n) is 14.0. The highest BCUT2D eigenvalue weighted by Gasteiger charge is 2.49. The van der Waals surface area contributed by atoms with Crippen molar-refractivity contribution in [2.24, 2.45) is 17.8 Å². The van der Waals surface area contributed by atoms with Crippen molar-refractivity contribution in [3.05, 3.63) is 65.9 Å². The number of carbonyl (C=O) groups is 4. The van der Waals surface area contributed by atoms with Crippen LogP contribution in [0.25, 0.3) is 44.2 Å². The zero-order valence-corrected chi connectivity index (χ0v) is 36.7. The Bertz CT molecular complexity index is 2570. The topological polar surface area (TPSA) is 193 Å². The summed E-state index contributed by atoms with van der Waals surface area (Å²) < 4.78 is 21.7. The molecule has 0 aliphatic carbocycles. The molecule has 16 heteroatoms. The Morgan fingerprint density at radius 3 is 2.54 bits per heavy atom. The van der Waals surface area contributed by atoms with Crippen molar-refractivity contribution < 1.29 is 38.1 Å². The number of piperidine rings is 1. The fourth-order valence-corrected chi connectivity index (χ4v) is 10.5. The normalized spacial score (nSPS) is 23.7. The van der Waals surface area contributed by atoms with Gasteiger partial charge in [-0.15, -0.1) is 0 Å². The Balaban J connectivity index is 0.971. The molecule has 6 heterocycles. The van der Waals surface area contributed by atoms with Gasteiger partial charge in [0.25, 0.3) is 0 Å². The van der Waals surface area contributed by atoms with Gasteiger partial charge in [0.2, 0.25) is 11.8 Å². The van der Waals surface area contributed by atoms with Crippen LogP contribution in [0.1, 0.15) is 88.6 Å². The molecule has 4 N–H and O–H groups in total. The number of H-pyrrole nitrogens is 2. The Morgan fingerprint density at radius 1 is 0.952 bits per heavy atom. The summed E-state index contributed by atoms with van der Waals surface area (Å²) in [5.74, 6) is 1.98. The number of rotatable bonds is 11. The van der Waals surface area contributed by atoms with Crippen molar-refractivity contribution in [3.8, 4) is 28.1 Å². The molecule has 0 saturated carbocycles. The lowest BCUT2D eigenvalue weighted by Gasteiger charge is -2.42. The summed E-state index contributed by atoms with van der Waals surface area (Å²) in [7, 11) is 4.28. The first-order valence-corrected chi connectivity index (χ1v) is 22.1. The SMILES string of the molecule is CC[C@H]1C[C@H]2CC[C@@H](c3ncc(-c4ccc5c(c4)COc4cc6c(ccc7nc([C@@H]8C[C@H](COC)CN8C(=O)[C@@H](NC(=O)OC)[C@H](C)CC)[nH]c76)cc4-5)[nH]3)N2C(=O)[C@H]1NC(=O)OC. The third-order valence-corrected chi connectivity index (χ3v) is 14.0. The number of methoxy groups -OCH3 is 3. The number of ether oxygens (including phenoxy) is 4. The number of hydrogen-bond donors (Lipinski definition) is 4. The number of amides is 4. The van der Waals surface area contributed by atoms with Gasteiger partial charge in [0, 0.05) is 36.6 Å². The predicted octanol–water partition coefficient (Wildman–Crippen LogP) is 7.16. The van der Waals surface area contributed by atoms with E-state index < -0.39 is 24.3 Å². The molecule has 16 nitrogen and oxygen atoms in total. The minimum Gasteiger partial charge on any atom is -0.488 e. The van der Waals surface area contributed by atoms with Gasteiger partial charge < -0.3 is 49.3 Å². The largest absolute Gasteiger partial charge is 0.488 e. The number of likely N-dealkylation sites (tertiary alicyclic amines) is 1. The molecule has 63 heavy (non-hydrogen) atoms. The highest BCUT2D eigenvalue weighted by molar-refractivity contribution is 6.07. The molecule has 332 valence electrons. The predicted molar refractivity (Wildman–Crippen MR) is 235 cm³/mol. The first kappa shape index (κ1) is 42.2. The maximum Gasteiger partial charge on any atom is 0.407 e. The summed E-state index contributed by atoms with van der Waals surface area (Å²) in [5, 5.41) is 7.56. The number of fused-ring (bicyclic) bond motifs is 7.